The van der Waals surface area contributed by atoms with Crippen molar-refractivity contribution in [1.82, 2.24) is 5.32 Å². The van der Waals surface area contributed by atoms with Gasteiger partial charge in [0.15, 0.2) is 5.78 Å². The van der Waals surface area contributed by atoms with Crippen molar-refractivity contribution in [3.05, 3.63) is 119 Å². The van der Waals surface area contributed by atoms with Gasteiger partial charge in [0.2, 0.25) is 6.10 Å². The molecule has 0 spiro atoms. The number of ether oxygens (including phenoxy) is 4. The van der Waals surface area contributed by atoms with Crippen molar-refractivity contribution in [3.8, 4) is 0 Å². The van der Waals surface area contributed by atoms with Crippen molar-refractivity contribution < 1.29 is 151 Å². The number of amides is 1. The van der Waals surface area contributed by atoms with Gasteiger partial charge in [-0.1, -0.05) is 80.6 Å². The Morgan fingerprint density at radius 2 is 1.39 bits per heavy atom. The van der Waals surface area contributed by atoms with E-state index >= 15 is 0 Å². The maximum Gasteiger partial charge on any atom is 0.350 e. The average molecular weight is 1270 g/mol. The van der Waals surface area contributed by atoms with E-state index in [1.54, 1.807) is 92.7 Å². The van der Waals surface area contributed by atoms with Crippen molar-refractivity contribution >= 4 is 29.6 Å². The molecule has 11 atom stereocenters. The first kappa shape index (κ1) is 49.6. The van der Waals surface area contributed by atoms with Gasteiger partial charge in [-0.15, -0.1) is 0 Å². The summed E-state index contributed by atoms with van der Waals surface area (Å²) < 4.78 is 23.7. The minimum atomic E-state index is -2.34. The number of ketones is 1. The molecule has 1 heterocycles. The summed E-state index contributed by atoms with van der Waals surface area (Å²) in [5.41, 5.74) is -7.02. The van der Waals surface area contributed by atoms with Crippen LogP contribution in [0.4, 0.5) is 0 Å². The molecule has 1 aliphatic heterocycles. The predicted octanol–water partition coefficient (Wildman–Crippen LogP) is 3.16. The van der Waals surface area contributed by atoms with Crippen LogP contribution in [-0.2, 0) is 33.3 Å². The second kappa shape index (κ2) is 19.0. The van der Waals surface area contributed by atoms with Crippen LogP contribution >= 0.6 is 0 Å². The number of aliphatic hydroxyl groups excluding tert-OH is 2. The molecule has 2 saturated carbocycles. The number of fused-ring (bicyclic) bond motifs is 5. The summed E-state index contributed by atoms with van der Waals surface area (Å²) in [6.07, 6.45) is -10.3. The summed E-state index contributed by atoms with van der Waals surface area (Å²) in [6, 6.07) is 23.1. The van der Waals surface area contributed by atoms with Crippen LogP contribution in [0.25, 0.3) is 0 Å². The fourth-order valence-corrected chi connectivity index (χ4v) is 9.82. The topological polar surface area (TPSA) is 215 Å². The zero-order valence-corrected chi connectivity index (χ0v) is 44.0. The number of Topliss-reactive ketones (excluding diaryl/α,β-unsaturated/α-hetero) is 1. The Bertz CT molecular complexity index is 2170. The van der Waals surface area contributed by atoms with Crippen LogP contribution in [0.3, 0.4) is 0 Å². The number of hydrogen-bond acceptors (Lipinski definition) is 13. The Hall–Kier alpha value is -2.37. The van der Waals surface area contributed by atoms with Crippen molar-refractivity contribution in [1.29, 1.82) is 0 Å². The standard InChI is InChI=1S/C45H49NO13.2Ac/c1-24-29(58-41(53)35(57-25(2)47)33(26-15-9-6-10-16-26)46-39(51)27-17-11-7-12-18-27)22-45(55)38(59-40(52)28-19-13-8-14-20-28)36-43(5,30(48)21-31-44(36,54)23-56-31)37(50)34(49)32(24)42(45,3)4;;/h6-20,29-31,33-36,38,48-49,54-55H,21-23H2,1-5H3,(H,46,51);;/t29?,30?,31?,33?,34?,35?,36?,38?,43-,44?,45?;;/m1../s1. The van der Waals surface area contributed by atoms with Gasteiger partial charge in [-0.2, -0.15) is 0 Å². The summed E-state index contributed by atoms with van der Waals surface area (Å²) >= 11 is 0. The maximum atomic E-state index is 14.8. The van der Waals surface area contributed by atoms with E-state index in [1.165, 1.54) is 26.0 Å². The van der Waals surface area contributed by atoms with E-state index < -0.39 is 107 Å². The normalized spacial score (nSPS) is 31.9. The van der Waals surface area contributed by atoms with Gasteiger partial charge < -0.3 is 44.7 Å². The van der Waals surface area contributed by atoms with E-state index in [1.807, 2.05) is 0 Å². The number of hydrogen-bond donors (Lipinski definition) is 5. The largest absolute Gasteiger partial charge is 0.455 e. The SMILES string of the molecule is CC(=O)OC(C(=O)OC1CC2(O)C(OC(=O)c3ccccc3)C3C4(O)COC4CC(O)[C@@]3(C)C(=O)C(O)C(=C1C)C2(C)C)C(NC(=O)c1ccccc1)c1ccccc1.[Ac].[Ac]. The Balaban J connectivity index is 0.00000352. The van der Waals surface area contributed by atoms with Crippen LogP contribution in [0, 0.1) is 105 Å². The third-order valence-corrected chi connectivity index (χ3v) is 13.2. The third kappa shape index (κ3) is 8.65. The molecule has 3 aromatic carbocycles. The molecule has 4 aliphatic rings. The average Bonchev–Trinajstić information content (AvgIpc) is 3.21. The molecule has 14 nitrogen and oxygen atoms in total. The Kier molecular flexibility index (Phi) is 15.5. The van der Waals surface area contributed by atoms with Gasteiger partial charge in [0.05, 0.1) is 29.8 Å². The Labute approximate surface area is 425 Å². The zero-order chi connectivity index (χ0) is 42.7. The van der Waals surface area contributed by atoms with Crippen LogP contribution in [0.2, 0.25) is 0 Å². The molecule has 3 aliphatic carbocycles. The monoisotopic (exact) mass is 1270 g/mol. The van der Waals surface area contributed by atoms with E-state index in [0.717, 1.165) is 6.92 Å². The molecule has 10 unspecified atom stereocenters. The van der Waals surface area contributed by atoms with Crippen molar-refractivity contribution in [2.45, 2.75) is 101 Å². The van der Waals surface area contributed by atoms with Crippen LogP contribution in [0.1, 0.15) is 79.8 Å². The summed E-state index contributed by atoms with van der Waals surface area (Å²) in [5.74, 6) is -5.97. The first-order valence-corrected chi connectivity index (χ1v) is 19.6. The fourth-order valence-electron chi connectivity index (χ4n) is 9.82. The molecular weight excluding hydrogens is 1220 g/mol. The van der Waals surface area contributed by atoms with Gasteiger partial charge in [0.25, 0.3) is 5.91 Å². The van der Waals surface area contributed by atoms with Crippen LogP contribution < -0.4 is 5.32 Å². The second-order valence-corrected chi connectivity index (χ2v) is 16.8. The van der Waals surface area contributed by atoms with Gasteiger partial charge in [-0.3, -0.25) is 14.4 Å². The number of carbonyl (C=O) groups is 5. The molecule has 0 aromatic heterocycles. The number of nitrogens with one attached hydrogen (secondary N) is 1. The summed E-state index contributed by atoms with van der Waals surface area (Å²) in [7, 11) is 0. The molecule has 3 aromatic rings. The van der Waals surface area contributed by atoms with E-state index in [0.29, 0.717) is 5.56 Å². The molecular formula is C45H49Ac2NO13. The quantitative estimate of drug-likeness (QED) is 0.119. The molecule has 1 amide bonds. The summed E-state index contributed by atoms with van der Waals surface area (Å²) in [5, 5.41) is 52.4. The first-order valence-electron chi connectivity index (χ1n) is 19.6. The number of esters is 3. The van der Waals surface area contributed by atoms with Gasteiger partial charge >= 0.3 is 17.9 Å². The van der Waals surface area contributed by atoms with E-state index in [-0.39, 0.29) is 123 Å². The summed E-state index contributed by atoms with van der Waals surface area (Å²) in [4.78, 5) is 69.6. The molecule has 1 saturated heterocycles. The molecule has 2 bridgehead atoms. The minimum Gasteiger partial charge on any atom is -0.455 e. The van der Waals surface area contributed by atoms with Gasteiger partial charge in [-0.05, 0) is 54.8 Å². The van der Waals surface area contributed by atoms with Gasteiger partial charge in [-0.25, -0.2) is 9.59 Å². The van der Waals surface area contributed by atoms with Crippen molar-refractivity contribution in [2.24, 2.45) is 16.7 Å². The Morgan fingerprint density at radius 1 is 0.836 bits per heavy atom. The predicted molar refractivity (Wildman–Crippen MR) is 208 cm³/mol. The zero-order valence-electron chi connectivity index (χ0n) is 34.5. The molecule has 61 heavy (non-hydrogen) atoms. The van der Waals surface area contributed by atoms with Crippen molar-refractivity contribution in [2.75, 3.05) is 6.61 Å². The molecule has 16 heteroatoms. The fraction of sp³-hybridized carbons (Fsp3) is 0.444. The third-order valence-electron chi connectivity index (χ3n) is 13.2. The second-order valence-electron chi connectivity index (χ2n) is 16.8. The van der Waals surface area contributed by atoms with Crippen LogP contribution in [0.5, 0.6) is 0 Å². The number of rotatable bonds is 9. The molecule has 5 N–H and O–H groups in total. The first-order chi connectivity index (χ1) is 27.9. The minimum absolute atomic E-state index is 0. The van der Waals surface area contributed by atoms with Crippen molar-refractivity contribution in [3.63, 3.8) is 0 Å². The van der Waals surface area contributed by atoms with Gasteiger partial charge in [0, 0.05) is 125 Å². The van der Waals surface area contributed by atoms with Crippen LogP contribution in [0.15, 0.2) is 102 Å². The maximum absolute atomic E-state index is 14.8. The van der Waals surface area contributed by atoms with Crippen LogP contribution in [-0.4, -0.2) is 104 Å². The molecule has 7 rings (SSSR count). The van der Waals surface area contributed by atoms with Gasteiger partial charge in [0.1, 0.15) is 35.6 Å². The molecule has 2 radical (unpaired) electrons. The van der Waals surface area contributed by atoms with E-state index in [4.69, 9.17) is 18.9 Å². The molecule has 318 valence electrons. The Morgan fingerprint density at radius 3 is 1.93 bits per heavy atom. The number of benzene rings is 3. The summed E-state index contributed by atoms with van der Waals surface area (Å²) in [6.45, 7) is 6.76. The molecule has 3 fully saturated rings. The van der Waals surface area contributed by atoms with E-state index in [2.05, 4.69) is 5.32 Å². The smallest absolute Gasteiger partial charge is 0.350 e. The van der Waals surface area contributed by atoms with E-state index in [9.17, 15) is 44.4 Å². The number of aliphatic hydroxyl groups is 4. The number of carbonyl (C=O) groups excluding carboxylic acids is 5.